The van der Waals surface area contributed by atoms with Crippen molar-refractivity contribution in [1.82, 2.24) is 4.90 Å². The number of likely N-dealkylation sites (tertiary alicyclic amines) is 1. The van der Waals surface area contributed by atoms with Gasteiger partial charge in [-0.15, -0.1) is 0 Å². The normalized spacial score (nSPS) is 31.1. The number of hydrogen-bond donors (Lipinski definition) is 1. The molecule has 1 heterocycles. The molecule has 1 N–H and O–H groups in total. The van der Waals surface area contributed by atoms with Crippen LogP contribution in [0.5, 0.6) is 0 Å². The van der Waals surface area contributed by atoms with Crippen LogP contribution in [-0.4, -0.2) is 38.3 Å². The van der Waals surface area contributed by atoms with Gasteiger partial charge in [0, 0.05) is 26.8 Å². The van der Waals surface area contributed by atoms with E-state index >= 15 is 0 Å². The highest BCUT2D eigenvalue weighted by Crippen LogP contribution is 2.60. The predicted molar refractivity (Wildman–Crippen MR) is 135 cm³/mol. The van der Waals surface area contributed by atoms with Gasteiger partial charge in [0.15, 0.2) is 0 Å². The summed E-state index contributed by atoms with van der Waals surface area (Å²) in [6, 6.07) is 13.8. The number of amides is 3. The van der Waals surface area contributed by atoms with Crippen LogP contribution in [0.4, 0.5) is 5.69 Å². The zero-order valence-electron chi connectivity index (χ0n) is 17.9. The summed E-state index contributed by atoms with van der Waals surface area (Å²) < 4.78 is 0. The number of nitrogens with zero attached hydrogens (tertiary/aromatic N) is 1. The van der Waals surface area contributed by atoms with E-state index in [0.29, 0.717) is 10.7 Å². The lowest BCUT2D eigenvalue weighted by atomic mass is 9.81. The predicted octanol–water partition coefficient (Wildman–Crippen LogP) is 4.98. The minimum Gasteiger partial charge on any atom is -0.324 e. The highest BCUT2D eigenvalue weighted by atomic mass is 79.9. The molecule has 3 aliphatic rings. The summed E-state index contributed by atoms with van der Waals surface area (Å²) in [5.41, 5.74) is 2.32. The molecule has 2 bridgehead atoms. The van der Waals surface area contributed by atoms with E-state index in [9.17, 15) is 14.4 Å². The molecule has 2 saturated carbocycles. The van der Waals surface area contributed by atoms with Gasteiger partial charge in [0.1, 0.15) is 6.04 Å². The second-order valence-corrected chi connectivity index (χ2v) is 11.7. The Morgan fingerprint density at radius 1 is 1.06 bits per heavy atom. The molecule has 1 saturated heterocycles. The fourth-order valence-corrected chi connectivity index (χ4v) is 7.77. The fraction of sp³-hybridized carbons (Fsp3) is 0.400. The standard InChI is InChI=1S/C25H23Br2ClN2O3/c1-12-7-8-14(10-17(12)28)29-23(31)18(9-13-5-3-2-4-6-13)30-24(32)19-15-11-16(20(19)25(30)33)22(27)21(15)26/h2-8,10,15-16,18-22H,9,11H2,1H3,(H,29,31)/t15-,16-,18-,19-,20-,21-,22+/m0/s1. The summed E-state index contributed by atoms with van der Waals surface area (Å²) >= 11 is 13.7. The Hall–Kier alpha value is -1.70. The number of carbonyl (C=O) groups excluding carboxylic acids is 3. The lowest BCUT2D eigenvalue weighted by molar-refractivity contribution is -0.147. The molecule has 33 heavy (non-hydrogen) atoms. The first-order valence-electron chi connectivity index (χ1n) is 11.0. The van der Waals surface area contributed by atoms with Crippen LogP contribution in [0, 0.1) is 30.6 Å². The Morgan fingerprint density at radius 3 is 2.24 bits per heavy atom. The molecule has 5 nitrogen and oxygen atoms in total. The molecule has 8 heteroatoms. The van der Waals surface area contributed by atoms with E-state index in [4.69, 9.17) is 11.6 Å². The summed E-state index contributed by atoms with van der Waals surface area (Å²) in [5.74, 6) is -1.36. The molecule has 1 aliphatic heterocycles. The van der Waals surface area contributed by atoms with Crippen molar-refractivity contribution in [2.45, 2.75) is 35.5 Å². The van der Waals surface area contributed by atoms with Crippen molar-refractivity contribution in [3.05, 3.63) is 64.7 Å². The van der Waals surface area contributed by atoms with Gasteiger partial charge < -0.3 is 5.32 Å². The van der Waals surface area contributed by atoms with Gasteiger partial charge in [0.25, 0.3) is 0 Å². The highest BCUT2D eigenvalue weighted by Gasteiger charge is 2.67. The second-order valence-electron chi connectivity index (χ2n) is 9.21. The minimum absolute atomic E-state index is 0.0992. The van der Waals surface area contributed by atoms with Gasteiger partial charge in [-0.2, -0.15) is 0 Å². The first kappa shape index (κ1) is 23.1. The lowest BCUT2D eigenvalue weighted by Gasteiger charge is -2.28. The van der Waals surface area contributed by atoms with Crippen LogP contribution >= 0.6 is 43.5 Å². The summed E-state index contributed by atoms with van der Waals surface area (Å²) in [6.07, 6.45) is 1.11. The molecule has 0 spiro atoms. The zero-order chi connectivity index (χ0) is 23.4. The van der Waals surface area contributed by atoms with Crippen molar-refractivity contribution in [2.75, 3.05) is 5.32 Å². The van der Waals surface area contributed by atoms with Crippen LogP contribution in [0.3, 0.4) is 0 Å². The maximum absolute atomic E-state index is 13.6. The smallest absolute Gasteiger partial charge is 0.248 e. The number of imide groups is 1. The van der Waals surface area contributed by atoms with Gasteiger partial charge in [-0.05, 0) is 48.4 Å². The van der Waals surface area contributed by atoms with E-state index in [1.807, 2.05) is 43.3 Å². The van der Waals surface area contributed by atoms with E-state index in [1.165, 1.54) is 4.90 Å². The molecule has 0 aromatic heterocycles. The number of anilines is 1. The zero-order valence-corrected chi connectivity index (χ0v) is 21.8. The summed E-state index contributed by atoms with van der Waals surface area (Å²) in [4.78, 5) is 42.2. The third kappa shape index (κ3) is 3.86. The van der Waals surface area contributed by atoms with Crippen LogP contribution < -0.4 is 5.32 Å². The SMILES string of the molecule is Cc1ccc(NC(=O)[C@H](Cc2ccccc2)N2C(=O)[C@H]3[C@@H]4C[C@H]([C@@H](Br)[C@H]4Br)[C@@H]3C2=O)cc1Cl. The van der Waals surface area contributed by atoms with E-state index in [0.717, 1.165) is 17.5 Å². The van der Waals surface area contributed by atoms with Crippen LogP contribution in [-0.2, 0) is 20.8 Å². The van der Waals surface area contributed by atoms with E-state index < -0.39 is 11.9 Å². The molecule has 2 aromatic rings. The molecule has 0 radical (unpaired) electrons. The molecular weight excluding hydrogens is 572 g/mol. The number of carbonyl (C=O) groups is 3. The fourth-order valence-electron chi connectivity index (χ4n) is 5.71. The molecule has 0 unspecified atom stereocenters. The van der Waals surface area contributed by atoms with Crippen molar-refractivity contribution in [1.29, 1.82) is 0 Å². The molecular formula is C25H23Br2ClN2O3. The largest absolute Gasteiger partial charge is 0.324 e. The second kappa shape index (κ2) is 8.82. The number of halogens is 3. The molecule has 2 aliphatic carbocycles. The summed E-state index contributed by atoms with van der Waals surface area (Å²) in [5, 5.41) is 3.42. The molecule has 7 atom stereocenters. The third-order valence-corrected chi connectivity index (χ3v) is 11.0. The van der Waals surface area contributed by atoms with Gasteiger partial charge >= 0.3 is 0 Å². The van der Waals surface area contributed by atoms with Crippen LogP contribution in [0.1, 0.15) is 17.5 Å². The lowest BCUT2D eigenvalue weighted by Crippen LogP contribution is -2.49. The third-order valence-electron chi connectivity index (χ3n) is 7.35. The Labute approximate surface area is 214 Å². The van der Waals surface area contributed by atoms with Gasteiger partial charge in [0.05, 0.1) is 11.8 Å². The minimum atomic E-state index is -0.931. The number of hydrogen-bond acceptors (Lipinski definition) is 3. The monoisotopic (exact) mass is 592 g/mol. The van der Waals surface area contributed by atoms with Gasteiger partial charge in [0.2, 0.25) is 17.7 Å². The first-order chi connectivity index (χ1) is 15.8. The quantitative estimate of drug-likeness (QED) is 0.393. The number of nitrogens with one attached hydrogen (secondary N) is 1. The van der Waals surface area contributed by atoms with Crippen molar-refractivity contribution >= 4 is 66.9 Å². The van der Waals surface area contributed by atoms with Gasteiger partial charge in [-0.1, -0.05) is 79.9 Å². The summed E-state index contributed by atoms with van der Waals surface area (Å²) in [7, 11) is 0. The topological polar surface area (TPSA) is 66.5 Å². The molecule has 2 aromatic carbocycles. The number of alkyl halides is 2. The molecule has 3 fully saturated rings. The maximum atomic E-state index is 13.6. The number of fused-ring (bicyclic) bond motifs is 5. The molecule has 3 amide bonds. The van der Waals surface area contributed by atoms with Crippen LogP contribution in [0.25, 0.3) is 0 Å². The molecule has 5 rings (SSSR count). The number of rotatable bonds is 5. The Morgan fingerprint density at radius 2 is 1.67 bits per heavy atom. The number of benzene rings is 2. The maximum Gasteiger partial charge on any atom is 0.248 e. The van der Waals surface area contributed by atoms with Crippen LogP contribution in [0.15, 0.2) is 48.5 Å². The van der Waals surface area contributed by atoms with Crippen molar-refractivity contribution in [2.24, 2.45) is 23.7 Å². The number of aryl methyl sites for hydroxylation is 1. The Balaban J connectivity index is 1.47. The average Bonchev–Trinajstić information content (AvgIpc) is 3.40. The van der Waals surface area contributed by atoms with E-state index in [2.05, 4.69) is 37.2 Å². The Kier molecular flexibility index (Phi) is 6.17. The first-order valence-corrected chi connectivity index (χ1v) is 13.2. The van der Waals surface area contributed by atoms with Gasteiger partial charge in [-0.3, -0.25) is 19.3 Å². The van der Waals surface area contributed by atoms with Crippen molar-refractivity contribution in [3.63, 3.8) is 0 Å². The van der Waals surface area contributed by atoms with Crippen molar-refractivity contribution in [3.8, 4) is 0 Å². The van der Waals surface area contributed by atoms with Crippen LogP contribution in [0.2, 0.25) is 5.02 Å². The average molecular weight is 595 g/mol. The highest BCUT2D eigenvalue weighted by molar-refractivity contribution is 9.12. The Bertz CT molecular complexity index is 1100. The molecule has 172 valence electrons. The van der Waals surface area contributed by atoms with Crippen molar-refractivity contribution < 1.29 is 14.4 Å². The summed E-state index contributed by atoms with van der Waals surface area (Å²) in [6.45, 7) is 1.88. The van der Waals surface area contributed by atoms with E-state index in [1.54, 1.807) is 12.1 Å². The van der Waals surface area contributed by atoms with E-state index in [-0.39, 0.29) is 51.6 Å². The van der Waals surface area contributed by atoms with Gasteiger partial charge in [-0.25, -0.2) is 0 Å².